The van der Waals surface area contributed by atoms with E-state index in [1.807, 2.05) is 30.3 Å². The van der Waals surface area contributed by atoms with Gasteiger partial charge in [0, 0.05) is 11.6 Å². The third-order valence-corrected chi connectivity index (χ3v) is 4.57. The number of benzene rings is 2. The minimum Gasteiger partial charge on any atom is -0.463 e. The predicted molar refractivity (Wildman–Crippen MR) is 98.7 cm³/mol. The third kappa shape index (κ3) is 3.55. The van der Waals surface area contributed by atoms with Gasteiger partial charge in [-0.1, -0.05) is 47.5 Å². The number of rotatable bonds is 4. The highest BCUT2D eigenvalue weighted by atomic mass is 35.5. The lowest BCUT2D eigenvalue weighted by atomic mass is 10.1. The van der Waals surface area contributed by atoms with Crippen molar-refractivity contribution >= 4 is 46.3 Å². The lowest BCUT2D eigenvalue weighted by Gasteiger charge is -2.17. The summed E-state index contributed by atoms with van der Waals surface area (Å²) >= 11 is 12.0. The summed E-state index contributed by atoms with van der Waals surface area (Å²) in [4.78, 5) is 26.3. The van der Waals surface area contributed by atoms with Gasteiger partial charge in [-0.15, -0.1) is 0 Å². The zero-order valence-corrected chi connectivity index (χ0v) is 15.0. The van der Waals surface area contributed by atoms with Gasteiger partial charge in [0.1, 0.15) is 0 Å². The second-order valence-electron chi connectivity index (χ2n) is 5.47. The number of amides is 1. The molecule has 0 aromatic heterocycles. The average molecular weight is 376 g/mol. The Kier molecular flexibility index (Phi) is 5.11. The van der Waals surface area contributed by atoms with Crippen LogP contribution in [0.4, 0.5) is 5.69 Å². The van der Waals surface area contributed by atoms with Gasteiger partial charge in [-0.05, 0) is 30.7 Å². The van der Waals surface area contributed by atoms with Crippen LogP contribution in [0.2, 0.25) is 10.0 Å². The van der Waals surface area contributed by atoms with E-state index in [0.29, 0.717) is 27.7 Å². The highest BCUT2D eigenvalue weighted by Gasteiger charge is 2.32. The lowest BCUT2D eigenvalue weighted by Crippen LogP contribution is -2.26. The fraction of sp³-hybridized carbons (Fsp3) is 0.158. The predicted octanol–water partition coefficient (Wildman–Crippen LogP) is 4.49. The Labute approximate surface area is 155 Å². The van der Waals surface area contributed by atoms with Gasteiger partial charge in [-0.2, -0.15) is 0 Å². The molecule has 0 radical (unpaired) electrons. The summed E-state index contributed by atoms with van der Waals surface area (Å²) in [6, 6.07) is 12.6. The summed E-state index contributed by atoms with van der Waals surface area (Å²) in [7, 11) is 0. The number of hydrogen-bond acceptors (Lipinski definition) is 3. The van der Waals surface area contributed by atoms with Crippen molar-refractivity contribution in [2.45, 2.75) is 13.5 Å². The molecule has 0 N–H and O–H groups in total. The zero-order chi connectivity index (χ0) is 18.0. The molecule has 25 heavy (non-hydrogen) atoms. The van der Waals surface area contributed by atoms with E-state index in [1.54, 1.807) is 24.0 Å². The minimum atomic E-state index is -0.531. The SMILES string of the molecule is CCOC(=O)/C=C1\C(=O)N(Cc2ccc(Cl)c(Cl)c2)c2ccccc21. The molecular weight excluding hydrogens is 361 g/mol. The molecule has 0 aliphatic carbocycles. The van der Waals surface area contributed by atoms with Crippen LogP contribution in [-0.2, 0) is 20.9 Å². The summed E-state index contributed by atoms with van der Waals surface area (Å²) < 4.78 is 4.93. The molecule has 6 heteroatoms. The Morgan fingerprint density at radius 1 is 1.16 bits per heavy atom. The van der Waals surface area contributed by atoms with Crippen molar-refractivity contribution in [3.8, 4) is 0 Å². The second kappa shape index (κ2) is 7.30. The van der Waals surface area contributed by atoms with E-state index in [1.165, 1.54) is 6.08 Å². The summed E-state index contributed by atoms with van der Waals surface area (Å²) in [5, 5.41) is 0.892. The molecule has 0 spiro atoms. The van der Waals surface area contributed by atoms with E-state index in [0.717, 1.165) is 11.3 Å². The fourth-order valence-electron chi connectivity index (χ4n) is 2.73. The molecule has 4 nitrogen and oxygen atoms in total. The molecule has 0 unspecified atom stereocenters. The summed E-state index contributed by atoms with van der Waals surface area (Å²) in [6.07, 6.45) is 1.25. The van der Waals surface area contributed by atoms with Gasteiger partial charge in [0.25, 0.3) is 5.91 Å². The molecule has 128 valence electrons. The van der Waals surface area contributed by atoms with Crippen LogP contribution >= 0.6 is 23.2 Å². The van der Waals surface area contributed by atoms with Crippen LogP contribution in [0.25, 0.3) is 5.57 Å². The molecule has 0 atom stereocenters. The molecular formula is C19H15Cl2NO3. The van der Waals surface area contributed by atoms with E-state index < -0.39 is 5.97 Å². The third-order valence-electron chi connectivity index (χ3n) is 3.83. The number of fused-ring (bicyclic) bond motifs is 1. The van der Waals surface area contributed by atoms with Gasteiger partial charge in [0.05, 0.1) is 34.5 Å². The highest BCUT2D eigenvalue weighted by molar-refractivity contribution is 6.42. The maximum atomic E-state index is 12.8. The van der Waals surface area contributed by atoms with Gasteiger partial charge in [0.15, 0.2) is 0 Å². The van der Waals surface area contributed by atoms with Crippen LogP contribution in [0.3, 0.4) is 0 Å². The van der Waals surface area contributed by atoms with Crippen molar-refractivity contribution in [1.29, 1.82) is 0 Å². The number of halogens is 2. The van der Waals surface area contributed by atoms with Crippen LogP contribution in [0.5, 0.6) is 0 Å². The van der Waals surface area contributed by atoms with Crippen molar-refractivity contribution in [2.24, 2.45) is 0 Å². The quantitative estimate of drug-likeness (QED) is 0.584. The monoisotopic (exact) mass is 375 g/mol. The number of hydrogen-bond donors (Lipinski definition) is 0. The summed E-state index contributed by atoms with van der Waals surface area (Å²) in [6.45, 7) is 2.30. The second-order valence-corrected chi connectivity index (χ2v) is 6.28. The molecule has 1 aliphatic rings. The number of carbonyl (C=O) groups excluding carboxylic acids is 2. The van der Waals surface area contributed by atoms with Crippen LogP contribution in [0.15, 0.2) is 48.5 Å². The smallest absolute Gasteiger partial charge is 0.331 e. The molecule has 0 saturated carbocycles. The van der Waals surface area contributed by atoms with Crippen molar-refractivity contribution in [3.05, 3.63) is 69.7 Å². The van der Waals surface area contributed by atoms with E-state index in [2.05, 4.69) is 0 Å². The normalized spacial score (nSPS) is 14.8. The molecule has 1 aliphatic heterocycles. The first-order chi connectivity index (χ1) is 12.0. The molecule has 3 rings (SSSR count). The molecule has 2 aromatic carbocycles. The highest BCUT2D eigenvalue weighted by Crippen LogP contribution is 2.37. The number of para-hydroxylation sites is 1. The fourth-order valence-corrected chi connectivity index (χ4v) is 3.05. The van der Waals surface area contributed by atoms with Gasteiger partial charge >= 0.3 is 5.97 Å². The molecule has 2 aromatic rings. The first-order valence-corrected chi connectivity index (χ1v) is 8.50. The maximum Gasteiger partial charge on any atom is 0.331 e. The van der Waals surface area contributed by atoms with E-state index in [9.17, 15) is 9.59 Å². The minimum absolute atomic E-state index is 0.250. The molecule has 0 fully saturated rings. The molecule has 0 saturated heterocycles. The molecule has 1 heterocycles. The van der Waals surface area contributed by atoms with Crippen molar-refractivity contribution in [3.63, 3.8) is 0 Å². The van der Waals surface area contributed by atoms with Crippen LogP contribution in [0, 0.1) is 0 Å². The van der Waals surface area contributed by atoms with Gasteiger partial charge in [-0.3, -0.25) is 4.79 Å². The van der Waals surface area contributed by atoms with Crippen molar-refractivity contribution < 1.29 is 14.3 Å². The zero-order valence-electron chi connectivity index (χ0n) is 13.5. The van der Waals surface area contributed by atoms with Crippen molar-refractivity contribution in [2.75, 3.05) is 11.5 Å². The van der Waals surface area contributed by atoms with Crippen LogP contribution < -0.4 is 4.90 Å². The largest absolute Gasteiger partial charge is 0.463 e. The van der Waals surface area contributed by atoms with Crippen LogP contribution in [-0.4, -0.2) is 18.5 Å². The van der Waals surface area contributed by atoms with E-state index >= 15 is 0 Å². The maximum absolute atomic E-state index is 12.8. The Morgan fingerprint density at radius 3 is 2.64 bits per heavy atom. The molecule has 1 amide bonds. The van der Waals surface area contributed by atoms with Gasteiger partial charge in [-0.25, -0.2) is 4.79 Å². The number of nitrogens with zero attached hydrogens (tertiary/aromatic N) is 1. The number of anilines is 1. The van der Waals surface area contributed by atoms with Crippen LogP contribution in [0.1, 0.15) is 18.1 Å². The topological polar surface area (TPSA) is 46.6 Å². The number of ether oxygens (including phenoxy) is 1. The average Bonchev–Trinajstić information content (AvgIpc) is 2.84. The van der Waals surface area contributed by atoms with Gasteiger partial charge in [0.2, 0.25) is 0 Å². The first-order valence-electron chi connectivity index (χ1n) is 7.75. The van der Waals surface area contributed by atoms with E-state index in [4.69, 9.17) is 27.9 Å². The van der Waals surface area contributed by atoms with Crippen molar-refractivity contribution in [1.82, 2.24) is 0 Å². The Hall–Kier alpha value is -2.30. The first kappa shape index (κ1) is 17.5. The summed E-state index contributed by atoms with van der Waals surface area (Å²) in [5.74, 6) is -0.780. The molecule has 0 bridgehead atoms. The lowest BCUT2D eigenvalue weighted by molar-refractivity contribution is -0.137. The Morgan fingerprint density at radius 2 is 1.92 bits per heavy atom. The Bertz CT molecular complexity index is 877. The Balaban J connectivity index is 1.96. The van der Waals surface area contributed by atoms with Gasteiger partial charge < -0.3 is 9.64 Å². The number of esters is 1. The number of carbonyl (C=O) groups is 2. The standard InChI is InChI=1S/C19H15Cl2NO3/c1-2-25-18(23)10-14-13-5-3-4-6-17(13)22(19(14)24)11-12-7-8-15(20)16(21)9-12/h3-10H,2,11H2,1H3/b14-10-. The van der Waals surface area contributed by atoms with E-state index in [-0.39, 0.29) is 12.5 Å². The summed E-state index contributed by atoms with van der Waals surface area (Å²) in [5.41, 5.74) is 2.62.